The van der Waals surface area contributed by atoms with Gasteiger partial charge in [0, 0.05) is 17.6 Å². The summed E-state index contributed by atoms with van der Waals surface area (Å²) in [7, 11) is 0. The van der Waals surface area contributed by atoms with Crippen LogP contribution in [0.4, 0.5) is 14.5 Å². The monoisotopic (exact) mass is 257 g/mol. The first-order valence-corrected chi connectivity index (χ1v) is 5.54. The zero-order valence-electron chi connectivity index (χ0n) is 10.4. The molecule has 0 aliphatic heterocycles. The van der Waals surface area contributed by atoms with Gasteiger partial charge in [0.15, 0.2) is 11.6 Å². The quantitative estimate of drug-likeness (QED) is 0.328. The molecule has 0 atom stereocenters. The lowest BCUT2D eigenvalue weighted by molar-refractivity contribution is 0.306. The number of anilines is 1. The predicted molar refractivity (Wildman–Crippen MR) is 66.7 cm³/mol. The summed E-state index contributed by atoms with van der Waals surface area (Å²) < 4.78 is 25.6. The molecule has 6 heteroatoms. The normalized spacial score (nSPS) is 12.6. The minimum atomic E-state index is -0.893. The number of rotatable bonds is 5. The van der Waals surface area contributed by atoms with E-state index >= 15 is 0 Å². The van der Waals surface area contributed by atoms with Crippen LogP contribution in [0.25, 0.3) is 0 Å². The number of hydrogen-bond acceptors (Lipinski definition) is 3. The summed E-state index contributed by atoms with van der Waals surface area (Å²) in [5.74, 6) is -1.64. The van der Waals surface area contributed by atoms with Crippen molar-refractivity contribution in [1.82, 2.24) is 0 Å². The third kappa shape index (κ3) is 3.58. The van der Waals surface area contributed by atoms with Gasteiger partial charge >= 0.3 is 0 Å². The maximum Gasteiger partial charge on any atom is 0.160 e. The number of nitrogens with one attached hydrogen (secondary N) is 1. The van der Waals surface area contributed by atoms with E-state index in [1.165, 1.54) is 6.07 Å². The van der Waals surface area contributed by atoms with E-state index in [4.69, 9.17) is 10.9 Å². The molecule has 1 aromatic rings. The smallest absolute Gasteiger partial charge is 0.160 e. The van der Waals surface area contributed by atoms with E-state index in [2.05, 4.69) is 10.5 Å². The molecule has 0 heterocycles. The zero-order chi connectivity index (χ0) is 13.8. The summed E-state index contributed by atoms with van der Waals surface area (Å²) in [6.07, 6.45) is 0.585. The van der Waals surface area contributed by atoms with Crippen molar-refractivity contribution < 1.29 is 14.0 Å². The number of amidine groups is 1. The van der Waals surface area contributed by atoms with E-state index in [9.17, 15) is 8.78 Å². The zero-order valence-corrected chi connectivity index (χ0v) is 10.4. The molecule has 4 nitrogen and oxygen atoms in total. The Labute approximate surface area is 104 Å². The second kappa shape index (κ2) is 5.66. The van der Waals surface area contributed by atoms with E-state index in [1.807, 2.05) is 13.8 Å². The summed E-state index contributed by atoms with van der Waals surface area (Å²) >= 11 is 0. The molecule has 0 radical (unpaired) electrons. The van der Waals surface area contributed by atoms with Gasteiger partial charge in [-0.15, -0.1) is 0 Å². The highest BCUT2D eigenvalue weighted by Crippen LogP contribution is 2.21. The van der Waals surface area contributed by atoms with Gasteiger partial charge in [-0.05, 0) is 24.6 Å². The van der Waals surface area contributed by atoms with Gasteiger partial charge < -0.3 is 16.3 Å². The first-order chi connectivity index (χ1) is 8.36. The van der Waals surface area contributed by atoms with Crippen LogP contribution in [0.5, 0.6) is 0 Å². The molecule has 0 aliphatic rings. The molecule has 18 heavy (non-hydrogen) atoms. The molecular weight excluding hydrogens is 240 g/mol. The van der Waals surface area contributed by atoms with Gasteiger partial charge in [0.05, 0.1) is 0 Å². The maximum absolute atomic E-state index is 12.9. The Morgan fingerprint density at radius 3 is 2.61 bits per heavy atom. The lowest BCUT2D eigenvalue weighted by Gasteiger charge is -2.23. The number of oxime groups is 1. The molecule has 0 unspecified atom stereocenters. The number of nitrogens with two attached hydrogens (primary N) is 1. The predicted octanol–water partition coefficient (Wildman–Crippen LogP) is 2.54. The molecule has 0 fully saturated rings. The van der Waals surface area contributed by atoms with E-state index in [0.29, 0.717) is 18.7 Å². The highest BCUT2D eigenvalue weighted by molar-refractivity contribution is 5.85. The van der Waals surface area contributed by atoms with Crippen LogP contribution >= 0.6 is 0 Å². The molecular formula is C12H17F2N3O. The number of halogens is 2. The Bertz CT molecular complexity index is 447. The van der Waals surface area contributed by atoms with Gasteiger partial charge in [0.1, 0.15) is 5.84 Å². The van der Waals surface area contributed by atoms with Gasteiger partial charge in [0.25, 0.3) is 0 Å². The molecule has 1 rings (SSSR count). The van der Waals surface area contributed by atoms with Crippen LogP contribution in [-0.2, 0) is 0 Å². The van der Waals surface area contributed by atoms with Crippen molar-refractivity contribution in [3.63, 3.8) is 0 Å². The fraction of sp³-hybridized carbons (Fsp3) is 0.417. The van der Waals surface area contributed by atoms with Crippen LogP contribution in [0.1, 0.15) is 20.3 Å². The summed E-state index contributed by atoms with van der Waals surface area (Å²) in [5.41, 5.74) is 5.55. The number of benzene rings is 1. The largest absolute Gasteiger partial charge is 0.409 e. The van der Waals surface area contributed by atoms with Crippen molar-refractivity contribution in [2.24, 2.45) is 16.3 Å². The first kappa shape index (κ1) is 14.2. The maximum atomic E-state index is 12.9. The summed E-state index contributed by atoms with van der Waals surface area (Å²) in [4.78, 5) is 0. The topological polar surface area (TPSA) is 70.6 Å². The molecule has 0 aliphatic carbocycles. The van der Waals surface area contributed by atoms with Gasteiger partial charge in [-0.2, -0.15) is 0 Å². The average molecular weight is 257 g/mol. The van der Waals surface area contributed by atoms with Gasteiger partial charge in [-0.3, -0.25) is 0 Å². The number of nitrogens with zero attached hydrogens (tertiary/aromatic N) is 1. The molecule has 0 bridgehead atoms. The Morgan fingerprint density at radius 1 is 1.39 bits per heavy atom. The van der Waals surface area contributed by atoms with Crippen LogP contribution in [-0.4, -0.2) is 17.6 Å². The van der Waals surface area contributed by atoms with Crippen molar-refractivity contribution >= 4 is 11.5 Å². The summed E-state index contributed by atoms with van der Waals surface area (Å²) in [6, 6.07) is 3.60. The van der Waals surface area contributed by atoms with Crippen LogP contribution in [0.15, 0.2) is 23.4 Å². The van der Waals surface area contributed by atoms with Crippen LogP contribution in [0.3, 0.4) is 0 Å². The van der Waals surface area contributed by atoms with E-state index in [0.717, 1.165) is 12.1 Å². The average Bonchev–Trinajstić information content (AvgIpc) is 2.32. The molecule has 0 spiro atoms. The van der Waals surface area contributed by atoms with Crippen molar-refractivity contribution in [3.05, 3.63) is 29.8 Å². The summed E-state index contributed by atoms with van der Waals surface area (Å²) in [5, 5.41) is 14.5. The van der Waals surface area contributed by atoms with Crippen molar-refractivity contribution in [2.45, 2.75) is 20.3 Å². The van der Waals surface area contributed by atoms with E-state index < -0.39 is 17.0 Å². The minimum absolute atomic E-state index is 0.134. The Hall–Kier alpha value is -1.85. The summed E-state index contributed by atoms with van der Waals surface area (Å²) in [6.45, 7) is 4.15. The molecule has 100 valence electrons. The van der Waals surface area contributed by atoms with Crippen LogP contribution in [0, 0.1) is 17.0 Å². The lowest BCUT2D eigenvalue weighted by Crippen LogP contribution is -2.33. The van der Waals surface area contributed by atoms with E-state index in [1.54, 1.807) is 0 Å². The molecule has 0 saturated heterocycles. The molecule has 1 aromatic carbocycles. The van der Waals surface area contributed by atoms with Gasteiger partial charge in [-0.25, -0.2) is 8.78 Å². The van der Waals surface area contributed by atoms with Crippen LogP contribution < -0.4 is 11.1 Å². The third-order valence-corrected chi connectivity index (χ3v) is 2.80. The Balaban J connectivity index is 2.54. The van der Waals surface area contributed by atoms with Gasteiger partial charge in [-0.1, -0.05) is 19.0 Å². The van der Waals surface area contributed by atoms with Crippen molar-refractivity contribution in [3.8, 4) is 0 Å². The fourth-order valence-electron chi connectivity index (χ4n) is 1.39. The van der Waals surface area contributed by atoms with Crippen LogP contribution in [0.2, 0.25) is 0 Å². The second-order valence-corrected chi connectivity index (χ2v) is 4.67. The molecule has 4 N–H and O–H groups in total. The Morgan fingerprint density at radius 2 is 2.06 bits per heavy atom. The molecule has 0 saturated carbocycles. The van der Waals surface area contributed by atoms with Gasteiger partial charge in [0.2, 0.25) is 0 Å². The van der Waals surface area contributed by atoms with E-state index in [-0.39, 0.29) is 5.84 Å². The Kier molecular flexibility index (Phi) is 4.47. The first-order valence-electron chi connectivity index (χ1n) is 5.54. The number of hydrogen-bond donors (Lipinski definition) is 3. The molecule has 0 aromatic heterocycles. The second-order valence-electron chi connectivity index (χ2n) is 4.67. The highest BCUT2D eigenvalue weighted by Gasteiger charge is 2.22. The van der Waals surface area contributed by atoms with Crippen molar-refractivity contribution in [1.29, 1.82) is 0 Å². The fourth-order valence-corrected chi connectivity index (χ4v) is 1.39. The van der Waals surface area contributed by atoms with Crippen molar-refractivity contribution in [2.75, 3.05) is 11.9 Å². The SMILES string of the molecule is CC(C)(CCNc1ccc(F)c(F)c1)C(N)=NO. The third-order valence-electron chi connectivity index (χ3n) is 2.80. The molecule has 0 amide bonds. The lowest BCUT2D eigenvalue weighted by atomic mass is 9.88. The standard InChI is InChI=1S/C12H17F2N3O/c1-12(2,11(15)17-18)5-6-16-8-3-4-9(13)10(14)7-8/h3-4,7,16,18H,5-6H2,1-2H3,(H2,15,17). The minimum Gasteiger partial charge on any atom is -0.409 e. The highest BCUT2D eigenvalue weighted by atomic mass is 19.2.